The van der Waals surface area contributed by atoms with Gasteiger partial charge >= 0.3 is 0 Å². The number of hydrogen-bond acceptors (Lipinski definition) is 5. The topological polar surface area (TPSA) is 93.4 Å². The van der Waals surface area contributed by atoms with Crippen LogP contribution in [-0.4, -0.2) is 41.8 Å². The molecular weight excluding hydrogens is 280 g/mol. The predicted octanol–water partition coefficient (Wildman–Crippen LogP) is 0.330. The van der Waals surface area contributed by atoms with Gasteiger partial charge in [0.2, 0.25) is 5.91 Å². The van der Waals surface area contributed by atoms with Crippen molar-refractivity contribution in [2.75, 3.05) is 11.5 Å². The first kappa shape index (κ1) is 14.7. The number of aromatic nitrogens is 2. The van der Waals surface area contributed by atoms with E-state index < -0.39 is 9.84 Å². The summed E-state index contributed by atoms with van der Waals surface area (Å²) in [5.74, 6) is 0.105. The van der Waals surface area contributed by atoms with Crippen molar-refractivity contribution in [3.63, 3.8) is 0 Å². The molecule has 0 saturated carbocycles. The highest BCUT2D eigenvalue weighted by Gasteiger charge is 2.31. The number of nitrogens with zero attached hydrogens (tertiary/aromatic N) is 3. The van der Waals surface area contributed by atoms with E-state index in [4.69, 9.17) is 0 Å². The fourth-order valence-electron chi connectivity index (χ4n) is 2.37. The van der Waals surface area contributed by atoms with E-state index in [0.29, 0.717) is 6.42 Å². The molecule has 8 heteroatoms. The van der Waals surface area contributed by atoms with Crippen molar-refractivity contribution >= 4 is 22.0 Å². The van der Waals surface area contributed by atoms with Crippen molar-refractivity contribution in [3.05, 3.63) is 17.0 Å². The molecule has 0 unspecified atom stereocenters. The van der Waals surface area contributed by atoms with Gasteiger partial charge in [0, 0.05) is 18.2 Å². The molecule has 0 radical (unpaired) electrons. The standard InChI is InChI=1S/C12H18N4O3S/c1-8-12(6-13-14-10(3)17)9(2)16(15-8)11-4-5-20(18,19)7-11/h6,11H,4-5,7H2,1-3H3,(H,14,17)/b13-6-/t11-/m0/s1. The number of sulfone groups is 1. The van der Waals surface area contributed by atoms with Crippen LogP contribution in [0.5, 0.6) is 0 Å². The first-order valence-corrected chi connectivity index (χ1v) is 8.18. The Morgan fingerprint density at radius 1 is 1.50 bits per heavy atom. The second kappa shape index (κ2) is 5.35. The lowest BCUT2D eigenvalue weighted by molar-refractivity contribution is -0.118. The third-order valence-electron chi connectivity index (χ3n) is 3.35. The average Bonchev–Trinajstić information content (AvgIpc) is 2.82. The summed E-state index contributed by atoms with van der Waals surface area (Å²) in [6, 6.07) is -0.110. The van der Waals surface area contributed by atoms with Crippen molar-refractivity contribution in [3.8, 4) is 0 Å². The molecule has 1 saturated heterocycles. The minimum atomic E-state index is -2.94. The van der Waals surface area contributed by atoms with E-state index in [9.17, 15) is 13.2 Å². The van der Waals surface area contributed by atoms with Crippen LogP contribution in [0.2, 0.25) is 0 Å². The number of carbonyl (C=O) groups is 1. The molecular formula is C12H18N4O3S. The Morgan fingerprint density at radius 3 is 2.75 bits per heavy atom. The van der Waals surface area contributed by atoms with Gasteiger partial charge < -0.3 is 0 Å². The van der Waals surface area contributed by atoms with Crippen molar-refractivity contribution in [2.45, 2.75) is 33.2 Å². The Morgan fingerprint density at radius 2 is 2.20 bits per heavy atom. The van der Waals surface area contributed by atoms with Crippen LogP contribution in [0.3, 0.4) is 0 Å². The summed E-state index contributed by atoms with van der Waals surface area (Å²) >= 11 is 0. The SMILES string of the molecule is CC(=O)N/N=C\c1c(C)nn([C@H]2CCS(=O)(=O)C2)c1C. The van der Waals surface area contributed by atoms with Gasteiger partial charge in [-0.2, -0.15) is 10.2 Å². The van der Waals surface area contributed by atoms with E-state index in [2.05, 4.69) is 15.6 Å². The summed E-state index contributed by atoms with van der Waals surface area (Å²) in [5, 5.41) is 8.24. The lowest BCUT2D eigenvalue weighted by Crippen LogP contribution is -2.14. The van der Waals surface area contributed by atoms with Crippen LogP contribution in [0.15, 0.2) is 5.10 Å². The van der Waals surface area contributed by atoms with Crippen molar-refractivity contribution in [1.29, 1.82) is 0 Å². The molecule has 1 amide bonds. The van der Waals surface area contributed by atoms with Crippen LogP contribution in [0.25, 0.3) is 0 Å². The third-order valence-corrected chi connectivity index (χ3v) is 5.10. The Kier molecular flexibility index (Phi) is 3.94. The van der Waals surface area contributed by atoms with E-state index in [1.165, 1.54) is 6.92 Å². The zero-order chi connectivity index (χ0) is 14.9. The summed E-state index contributed by atoms with van der Waals surface area (Å²) in [5.41, 5.74) is 4.77. The number of carbonyl (C=O) groups excluding carboxylic acids is 1. The van der Waals surface area contributed by atoms with Gasteiger partial charge in [0.25, 0.3) is 0 Å². The van der Waals surface area contributed by atoms with Gasteiger partial charge in [-0.25, -0.2) is 13.8 Å². The van der Waals surface area contributed by atoms with E-state index in [1.807, 2.05) is 13.8 Å². The van der Waals surface area contributed by atoms with Crippen molar-refractivity contribution in [2.24, 2.45) is 5.10 Å². The second-order valence-corrected chi connectivity index (χ2v) is 7.24. The molecule has 2 heterocycles. The maximum absolute atomic E-state index is 11.5. The molecule has 20 heavy (non-hydrogen) atoms. The number of amides is 1. The minimum Gasteiger partial charge on any atom is -0.274 e. The molecule has 0 aliphatic carbocycles. The van der Waals surface area contributed by atoms with Crippen molar-refractivity contribution in [1.82, 2.24) is 15.2 Å². The number of hydrogen-bond donors (Lipinski definition) is 1. The number of rotatable bonds is 3. The molecule has 1 aromatic heterocycles. The van der Waals surface area contributed by atoms with Crippen LogP contribution in [-0.2, 0) is 14.6 Å². The van der Waals surface area contributed by atoms with Crippen LogP contribution >= 0.6 is 0 Å². The number of nitrogens with one attached hydrogen (secondary N) is 1. The van der Waals surface area contributed by atoms with Crippen molar-refractivity contribution < 1.29 is 13.2 Å². The maximum atomic E-state index is 11.5. The molecule has 1 aliphatic rings. The molecule has 0 bridgehead atoms. The zero-order valence-corrected chi connectivity index (χ0v) is 12.6. The van der Waals surface area contributed by atoms with Crippen LogP contribution in [0, 0.1) is 13.8 Å². The summed E-state index contributed by atoms with van der Waals surface area (Å²) in [4.78, 5) is 10.8. The number of hydrazone groups is 1. The highest BCUT2D eigenvalue weighted by molar-refractivity contribution is 7.91. The molecule has 1 atom stereocenters. The van der Waals surface area contributed by atoms with Crippen LogP contribution < -0.4 is 5.43 Å². The molecule has 1 aromatic rings. The highest BCUT2D eigenvalue weighted by atomic mass is 32.2. The molecule has 1 aliphatic heterocycles. The summed E-state index contributed by atoms with van der Waals surface area (Å²) in [7, 11) is -2.94. The van der Waals surface area contributed by atoms with Gasteiger partial charge in [-0.1, -0.05) is 0 Å². The Bertz CT molecular complexity index is 660. The zero-order valence-electron chi connectivity index (χ0n) is 11.8. The monoisotopic (exact) mass is 298 g/mol. The molecule has 2 rings (SSSR count). The summed E-state index contributed by atoms with van der Waals surface area (Å²) < 4.78 is 24.9. The quantitative estimate of drug-likeness (QED) is 0.643. The van der Waals surface area contributed by atoms with E-state index in [1.54, 1.807) is 10.9 Å². The van der Waals surface area contributed by atoms with Gasteiger partial charge in [-0.05, 0) is 20.3 Å². The van der Waals surface area contributed by atoms with Gasteiger partial charge in [-0.3, -0.25) is 9.48 Å². The van der Waals surface area contributed by atoms with Crippen LogP contribution in [0.4, 0.5) is 0 Å². The molecule has 1 fully saturated rings. The Hall–Kier alpha value is -1.70. The largest absolute Gasteiger partial charge is 0.274 e. The predicted molar refractivity (Wildman–Crippen MR) is 75.4 cm³/mol. The third kappa shape index (κ3) is 3.06. The smallest absolute Gasteiger partial charge is 0.236 e. The molecule has 1 N–H and O–H groups in total. The summed E-state index contributed by atoms with van der Waals surface area (Å²) in [6.07, 6.45) is 2.13. The second-order valence-electron chi connectivity index (χ2n) is 5.01. The maximum Gasteiger partial charge on any atom is 0.236 e. The highest BCUT2D eigenvalue weighted by Crippen LogP contribution is 2.26. The fourth-order valence-corrected chi connectivity index (χ4v) is 4.07. The molecule has 0 aromatic carbocycles. The van der Waals surface area contributed by atoms with Gasteiger partial charge in [0.1, 0.15) is 0 Å². The fraction of sp³-hybridized carbons (Fsp3) is 0.583. The molecule has 0 spiro atoms. The van der Waals surface area contributed by atoms with E-state index >= 15 is 0 Å². The van der Waals surface area contributed by atoms with Gasteiger partial charge in [0.15, 0.2) is 9.84 Å². The molecule has 110 valence electrons. The number of aryl methyl sites for hydroxylation is 1. The lowest BCUT2D eigenvalue weighted by atomic mass is 10.2. The average molecular weight is 298 g/mol. The molecule has 7 nitrogen and oxygen atoms in total. The summed E-state index contributed by atoms with van der Waals surface area (Å²) in [6.45, 7) is 5.09. The minimum absolute atomic E-state index is 0.110. The Balaban J connectivity index is 2.25. The first-order chi connectivity index (χ1) is 9.30. The lowest BCUT2D eigenvalue weighted by Gasteiger charge is -2.10. The van der Waals surface area contributed by atoms with Gasteiger partial charge in [-0.15, -0.1) is 0 Å². The van der Waals surface area contributed by atoms with Gasteiger partial charge in [0.05, 0.1) is 29.5 Å². The first-order valence-electron chi connectivity index (χ1n) is 6.36. The van der Waals surface area contributed by atoms with Crippen LogP contribution in [0.1, 0.15) is 36.3 Å². The Labute approximate surface area is 118 Å². The normalized spacial score (nSPS) is 21.4. The van der Waals surface area contributed by atoms with E-state index in [0.717, 1.165) is 17.0 Å². The van der Waals surface area contributed by atoms with E-state index in [-0.39, 0.29) is 23.5 Å².